The molecular formula is C25H35FN2O6. The maximum absolute atomic E-state index is 14.5. The smallest absolute Gasteiger partial charge is 0.416 e. The van der Waals surface area contributed by atoms with E-state index in [9.17, 15) is 23.9 Å². The number of hydrogen-bond donors (Lipinski definition) is 1. The number of benzene rings is 1. The van der Waals surface area contributed by atoms with E-state index in [1.165, 1.54) is 0 Å². The Bertz CT molecular complexity index is 887. The second-order valence-corrected chi connectivity index (χ2v) is 10.4. The third kappa shape index (κ3) is 5.87. The molecule has 0 saturated carbocycles. The van der Waals surface area contributed by atoms with Gasteiger partial charge in [0.25, 0.3) is 0 Å². The zero-order valence-electron chi connectivity index (χ0n) is 20.4. The van der Waals surface area contributed by atoms with Gasteiger partial charge in [-0.25, -0.2) is 18.9 Å². The number of carbonyl (C=O) groups excluding carboxylic acids is 3. The van der Waals surface area contributed by atoms with Gasteiger partial charge in [-0.3, -0.25) is 9.69 Å². The third-order valence-corrected chi connectivity index (χ3v) is 6.26. The molecule has 0 radical (unpaired) electrons. The van der Waals surface area contributed by atoms with Gasteiger partial charge < -0.3 is 14.6 Å². The van der Waals surface area contributed by atoms with Crippen LogP contribution in [0.4, 0.5) is 14.0 Å². The predicted octanol–water partition coefficient (Wildman–Crippen LogP) is 3.56. The van der Waals surface area contributed by atoms with Crippen molar-refractivity contribution in [1.29, 1.82) is 0 Å². The summed E-state index contributed by atoms with van der Waals surface area (Å²) in [6, 6.07) is 7.64. The SMILES string of the molecule is CC(C)[C@H]1COC(=O)N1C(=O)[C@@H](Cc1ccccc1)[C@H](O)C1CC(F)CN1C(=O)OC(C)(C)C. The summed E-state index contributed by atoms with van der Waals surface area (Å²) in [6.45, 7) is 8.71. The molecule has 2 saturated heterocycles. The molecular weight excluding hydrogens is 443 g/mol. The van der Waals surface area contributed by atoms with Crippen molar-refractivity contribution in [2.24, 2.45) is 11.8 Å². The van der Waals surface area contributed by atoms with E-state index in [-0.39, 0.29) is 31.9 Å². The Kier molecular flexibility index (Phi) is 7.85. The molecule has 5 atom stereocenters. The number of halogens is 1. The van der Waals surface area contributed by atoms with Gasteiger partial charge in [-0.1, -0.05) is 44.2 Å². The Labute approximate surface area is 200 Å². The first-order chi connectivity index (χ1) is 15.9. The summed E-state index contributed by atoms with van der Waals surface area (Å²) in [5.74, 6) is -1.73. The molecule has 2 aliphatic rings. The zero-order valence-corrected chi connectivity index (χ0v) is 20.4. The van der Waals surface area contributed by atoms with Crippen LogP contribution in [0.2, 0.25) is 0 Å². The first-order valence-corrected chi connectivity index (χ1v) is 11.7. The summed E-state index contributed by atoms with van der Waals surface area (Å²) in [7, 11) is 0. The molecule has 0 spiro atoms. The molecule has 2 aliphatic heterocycles. The zero-order chi connectivity index (χ0) is 25.2. The van der Waals surface area contributed by atoms with Crippen LogP contribution in [0, 0.1) is 11.8 Å². The van der Waals surface area contributed by atoms with Gasteiger partial charge in [-0.2, -0.15) is 0 Å². The first kappa shape index (κ1) is 25.9. The molecule has 0 aromatic heterocycles. The Morgan fingerprint density at radius 2 is 1.85 bits per heavy atom. The number of alkyl halides is 1. The molecule has 188 valence electrons. The van der Waals surface area contributed by atoms with Crippen molar-refractivity contribution in [1.82, 2.24) is 9.80 Å². The van der Waals surface area contributed by atoms with Crippen LogP contribution >= 0.6 is 0 Å². The maximum Gasteiger partial charge on any atom is 0.416 e. The van der Waals surface area contributed by atoms with Crippen molar-refractivity contribution in [2.75, 3.05) is 13.2 Å². The number of aliphatic hydroxyl groups excluding tert-OH is 1. The lowest BCUT2D eigenvalue weighted by molar-refractivity contribution is -0.139. The van der Waals surface area contributed by atoms with Crippen molar-refractivity contribution in [3.05, 3.63) is 35.9 Å². The first-order valence-electron chi connectivity index (χ1n) is 11.7. The monoisotopic (exact) mass is 478 g/mol. The number of rotatable bonds is 6. The van der Waals surface area contributed by atoms with E-state index in [1.54, 1.807) is 20.8 Å². The van der Waals surface area contributed by atoms with Crippen molar-refractivity contribution >= 4 is 18.1 Å². The highest BCUT2D eigenvalue weighted by Crippen LogP contribution is 2.32. The van der Waals surface area contributed by atoms with Crippen molar-refractivity contribution in [3.8, 4) is 0 Å². The van der Waals surface area contributed by atoms with Crippen molar-refractivity contribution in [2.45, 2.75) is 77.4 Å². The summed E-state index contributed by atoms with van der Waals surface area (Å²) in [6.07, 6.45) is -4.29. The van der Waals surface area contributed by atoms with Gasteiger partial charge in [0, 0.05) is 6.42 Å². The van der Waals surface area contributed by atoms with E-state index >= 15 is 0 Å². The fourth-order valence-electron chi connectivity index (χ4n) is 4.52. The molecule has 34 heavy (non-hydrogen) atoms. The fourth-order valence-corrected chi connectivity index (χ4v) is 4.52. The number of ether oxygens (including phenoxy) is 2. The van der Waals surface area contributed by atoms with Crippen LogP contribution in [0.25, 0.3) is 0 Å². The third-order valence-electron chi connectivity index (χ3n) is 6.26. The number of amides is 3. The highest BCUT2D eigenvalue weighted by Gasteiger charge is 2.49. The second kappa shape index (κ2) is 10.3. The molecule has 1 aromatic rings. The van der Waals surface area contributed by atoms with Crippen molar-refractivity contribution in [3.63, 3.8) is 0 Å². The molecule has 1 aromatic carbocycles. The molecule has 3 amide bonds. The maximum atomic E-state index is 14.5. The topological polar surface area (TPSA) is 96.4 Å². The normalized spacial score (nSPS) is 24.8. The fraction of sp³-hybridized carbons (Fsp3) is 0.640. The number of cyclic esters (lactones) is 1. The number of imide groups is 1. The lowest BCUT2D eigenvalue weighted by Gasteiger charge is -2.35. The molecule has 3 rings (SSSR count). The van der Waals surface area contributed by atoms with Crippen LogP contribution in [0.1, 0.15) is 46.6 Å². The van der Waals surface area contributed by atoms with E-state index in [2.05, 4.69) is 0 Å². The van der Waals surface area contributed by atoms with E-state index in [0.717, 1.165) is 15.4 Å². The number of aliphatic hydroxyl groups is 1. The van der Waals surface area contributed by atoms with Crippen LogP contribution in [-0.2, 0) is 20.7 Å². The number of likely N-dealkylation sites (tertiary alicyclic amines) is 1. The molecule has 8 nitrogen and oxygen atoms in total. The molecule has 9 heteroatoms. The van der Waals surface area contributed by atoms with Gasteiger partial charge in [-0.15, -0.1) is 0 Å². The Balaban J connectivity index is 1.92. The molecule has 1 N–H and O–H groups in total. The minimum Gasteiger partial charge on any atom is -0.447 e. The van der Waals surface area contributed by atoms with E-state index in [0.29, 0.717) is 0 Å². The molecule has 2 fully saturated rings. The van der Waals surface area contributed by atoms with Crippen molar-refractivity contribution < 1.29 is 33.4 Å². The highest BCUT2D eigenvalue weighted by molar-refractivity contribution is 5.95. The lowest BCUT2D eigenvalue weighted by Crippen LogP contribution is -2.53. The summed E-state index contributed by atoms with van der Waals surface area (Å²) in [5.41, 5.74) is -0.0310. The van der Waals surface area contributed by atoms with Gasteiger partial charge in [0.05, 0.1) is 30.7 Å². The van der Waals surface area contributed by atoms with Crippen LogP contribution in [-0.4, -0.2) is 76.1 Å². The lowest BCUT2D eigenvalue weighted by atomic mass is 9.87. The Hall–Kier alpha value is -2.68. The summed E-state index contributed by atoms with van der Waals surface area (Å²) in [4.78, 5) is 41.2. The molecule has 0 bridgehead atoms. The van der Waals surface area contributed by atoms with Crippen LogP contribution in [0.15, 0.2) is 30.3 Å². The van der Waals surface area contributed by atoms with Crippen LogP contribution in [0.3, 0.4) is 0 Å². The second-order valence-electron chi connectivity index (χ2n) is 10.4. The largest absolute Gasteiger partial charge is 0.447 e. The van der Waals surface area contributed by atoms with Crippen LogP contribution < -0.4 is 0 Å². The number of hydrogen-bond acceptors (Lipinski definition) is 6. The van der Waals surface area contributed by atoms with Crippen LogP contribution in [0.5, 0.6) is 0 Å². The van der Waals surface area contributed by atoms with Gasteiger partial charge in [0.1, 0.15) is 18.4 Å². The quantitative estimate of drug-likeness (QED) is 0.672. The molecule has 2 unspecified atom stereocenters. The van der Waals surface area contributed by atoms with E-state index < -0.39 is 54.0 Å². The average molecular weight is 479 g/mol. The number of carbonyl (C=O) groups is 3. The minimum absolute atomic E-state index is 0.0510. The average Bonchev–Trinajstić information content (AvgIpc) is 3.33. The Morgan fingerprint density at radius 1 is 1.21 bits per heavy atom. The predicted molar refractivity (Wildman–Crippen MR) is 123 cm³/mol. The minimum atomic E-state index is -1.41. The summed E-state index contributed by atoms with van der Waals surface area (Å²) < 4.78 is 25.0. The standard InChI is InChI=1S/C25H35FN2O6/c1-15(2)20-14-33-24(32)28(20)22(30)18(11-16-9-7-6-8-10-16)21(29)19-12-17(26)13-27(19)23(31)34-25(3,4)5/h6-10,15,17-21,29H,11-14H2,1-5H3/t17?,18-,19?,20+,21-/m0/s1. The molecule has 2 heterocycles. The van der Waals surface area contributed by atoms with E-state index in [4.69, 9.17) is 9.47 Å². The number of nitrogens with zero attached hydrogens (tertiary/aromatic N) is 2. The van der Waals surface area contributed by atoms with Gasteiger partial charge in [0.15, 0.2) is 0 Å². The van der Waals surface area contributed by atoms with Gasteiger partial charge in [0.2, 0.25) is 5.91 Å². The van der Waals surface area contributed by atoms with E-state index in [1.807, 2.05) is 44.2 Å². The van der Waals surface area contributed by atoms with Gasteiger partial charge >= 0.3 is 12.2 Å². The Morgan fingerprint density at radius 3 is 2.44 bits per heavy atom. The summed E-state index contributed by atoms with van der Waals surface area (Å²) in [5, 5.41) is 11.4. The van der Waals surface area contributed by atoms with Gasteiger partial charge in [-0.05, 0) is 38.7 Å². The molecule has 0 aliphatic carbocycles. The highest BCUT2D eigenvalue weighted by atomic mass is 19.1. The summed E-state index contributed by atoms with van der Waals surface area (Å²) >= 11 is 0.